The summed E-state index contributed by atoms with van der Waals surface area (Å²) in [7, 11) is 0. The highest BCUT2D eigenvalue weighted by molar-refractivity contribution is 7.14. The van der Waals surface area contributed by atoms with Crippen LogP contribution in [0.3, 0.4) is 0 Å². The van der Waals surface area contributed by atoms with Crippen molar-refractivity contribution in [3.05, 3.63) is 20.9 Å². The van der Waals surface area contributed by atoms with Crippen molar-refractivity contribution in [2.24, 2.45) is 0 Å². The maximum absolute atomic E-state index is 12.0. The van der Waals surface area contributed by atoms with E-state index in [1.165, 1.54) is 18.3 Å². The molecule has 1 aliphatic rings. The average Bonchev–Trinajstić information content (AvgIpc) is 2.69. The number of hydrogen-bond acceptors (Lipinski definition) is 4. The molecule has 1 heterocycles. The number of hydrogen-bond donors (Lipinski definition) is 1. The highest BCUT2D eigenvalue weighted by atomic mass is 32.1. The van der Waals surface area contributed by atoms with Crippen LogP contribution in [-0.2, 0) is 17.6 Å². The molecule has 0 atom stereocenters. The molecule has 1 aromatic heterocycles. The Labute approximate surface area is 115 Å². The monoisotopic (exact) mass is 280 g/mol. The fraction of sp³-hybridized carbons (Fsp3) is 0.500. The Kier molecular flexibility index (Phi) is 4.14. The van der Waals surface area contributed by atoms with Crippen molar-refractivity contribution in [2.75, 3.05) is 0 Å². The van der Waals surface area contributed by atoms with E-state index in [1.807, 2.05) is 0 Å². The van der Waals surface area contributed by atoms with Crippen LogP contribution in [0, 0.1) is 0 Å². The number of carbonyl (C=O) groups excluding carboxylic acids is 2. The first-order chi connectivity index (χ1) is 9.00. The summed E-state index contributed by atoms with van der Waals surface area (Å²) in [5.41, 5.74) is 1.62. The van der Waals surface area contributed by atoms with Gasteiger partial charge >= 0.3 is 5.97 Å². The Morgan fingerprint density at radius 2 is 2.05 bits per heavy atom. The molecule has 0 radical (unpaired) electrons. The van der Waals surface area contributed by atoms with Crippen molar-refractivity contribution >= 4 is 28.9 Å². The zero-order valence-electron chi connectivity index (χ0n) is 10.8. The van der Waals surface area contributed by atoms with Crippen LogP contribution in [0.2, 0.25) is 0 Å². The van der Waals surface area contributed by atoms with Gasteiger partial charge in [0.25, 0.3) is 0 Å². The Balaban J connectivity index is 2.29. The van der Waals surface area contributed by atoms with Gasteiger partial charge in [0.15, 0.2) is 11.6 Å². The Hall–Kier alpha value is -1.49. The predicted octanol–water partition coefficient (Wildman–Crippen LogP) is 2.88. The maximum atomic E-state index is 12.0. The van der Waals surface area contributed by atoms with Gasteiger partial charge in [0, 0.05) is 23.3 Å². The van der Waals surface area contributed by atoms with E-state index >= 15 is 0 Å². The third-order valence-corrected chi connectivity index (χ3v) is 4.71. The molecule has 1 N–H and O–H groups in total. The second-order valence-electron chi connectivity index (χ2n) is 4.79. The fourth-order valence-corrected chi connectivity index (χ4v) is 3.78. The number of carboxylic acid groups (broad SMARTS) is 1. The van der Waals surface area contributed by atoms with Crippen molar-refractivity contribution < 1.29 is 19.5 Å². The highest BCUT2D eigenvalue weighted by Gasteiger charge is 2.27. The van der Waals surface area contributed by atoms with Crippen molar-refractivity contribution in [1.82, 2.24) is 0 Å². The van der Waals surface area contributed by atoms with E-state index in [0.717, 1.165) is 23.3 Å². The van der Waals surface area contributed by atoms with Crippen molar-refractivity contribution in [3.8, 4) is 0 Å². The minimum atomic E-state index is -0.812. The molecule has 0 saturated heterocycles. The van der Waals surface area contributed by atoms with E-state index in [4.69, 9.17) is 5.11 Å². The van der Waals surface area contributed by atoms with Gasteiger partial charge in [0.2, 0.25) is 0 Å². The highest BCUT2D eigenvalue weighted by Crippen LogP contribution is 2.35. The van der Waals surface area contributed by atoms with Crippen LogP contribution in [0.4, 0.5) is 0 Å². The van der Waals surface area contributed by atoms with Gasteiger partial charge in [0.1, 0.15) is 0 Å². The molecular weight excluding hydrogens is 264 g/mol. The van der Waals surface area contributed by atoms with Crippen LogP contribution in [0.25, 0.3) is 0 Å². The van der Waals surface area contributed by atoms with Crippen molar-refractivity contribution in [2.45, 2.75) is 45.4 Å². The van der Waals surface area contributed by atoms with Gasteiger partial charge in [-0.25, -0.2) is 0 Å². The zero-order valence-corrected chi connectivity index (χ0v) is 11.6. The normalized spacial score (nSPS) is 14.3. The van der Waals surface area contributed by atoms with Gasteiger partial charge in [-0.2, -0.15) is 0 Å². The predicted molar refractivity (Wildman–Crippen MR) is 72.2 cm³/mol. The lowest BCUT2D eigenvalue weighted by Crippen LogP contribution is -2.12. The Morgan fingerprint density at radius 3 is 2.68 bits per heavy atom. The number of rotatable bonds is 5. The van der Waals surface area contributed by atoms with Gasteiger partial charge in [-0.3, -0.25) is 14.4 Å². The molecule has 19 heavy (non-hydrogen) atoms. The summed E-state index contributed by atoms with van der Waals surface area (Å²) in [5, 5.41) is 8.66. The first-order valence-electron chi connectivity index (χ1n) is 6.41. The van der Waals surface area contributed by atoms with Crippen LogP contribution in [0.1, 0.15) is 63.1 Å². The second kappa shape index (κ2) is 5.65. The van der Waals surface area contributed by atoms with Gasteiger partial charge in [0.05, 0.1) is 4.88 Å². The lowest BCUT2D eigenvalue weighted by molar-refractivity contribution is -0.137. The molecule has 5 heteroatoms. The standard InChI is InChI=1S/C14H16O4S/c1-8(15)14-13-9(4-2-5-10(13)16)11(19-14)6-3-7-12(17)18/h2-7H2,1H3,(H,17,18). The van der Waals surface area contributed by atoms with Gasteiger partial charge in [-0.05, 0) is 38.2 Å². The molecule has 0 bridgehead atoms. The summed E-state index contributed by atoms with van der Waals surface area (Å²) >= 11 is 1.38. The van der Waals surface area contributed by atoms with E-state index in [9.17, 15) is 14.4 Å². The number of fused-ring (bicyclic) bond motifs is 1. The fourth-order valence-electron chi connectivity index (χ4n) is 2.47. The lowest BCUT2D eigenvalue weighted by Gasteiger charge is -2.12. The molecule has 2 rings (SSSR count). The molecule has 0 aliphatic heterocycles. The first kappa shape index (κ1) is 13.9. The summed E-state index contributed by atoms with van der Waals surface area (Å²) < 4.78 is 0. The topological polar surface area (TPSA) is 71.4 Å². The van der Waals surface area contributed by atoms with Crippen molar-refractivity contribution in [3.63, 3.8) is 0 Å². The molecule has 102 valence electrons. The van der Waals surface area contributed by atoms with Gasteiger partial charge < -0.3 is 5.11 Å². The smallest absolute Gasteiger partial charge is 0.303 e. The molecule has 0 spiro atoms. The average molecular weight is 280 g/mol. The van der Waals surface area contributed by atoms with Crippen LogP contribution >= 0.6 is 11.3 Å². The summed E-state index contributed by atoms with van der Waals surface area (Å²) in [5.74, 6) is -0.818. The number of carbonyl (C=O) groups is 3. The number of ketones is 2. The minimum absolute atomic E-state index is 0.0622. The van der Waals surface area contributed by atoms with Gasteiger partial charge in [-0.15, -0.1) is 11.3 Å². The van der Waals surface area contributed by atoms with E-state index in [1.54, 1.807) is 0 Å². The first-order valence-corrected chi connectivity index (χ1v) is 7.22. The van der Waals surface area contributed by atoms with E-state index in [-0.39, 0.29) is 18.0 Å². The molecule has 0 saturated carbocycles. The quantitative estimate of drug-likeness (QED) is 0.842. The van der Waals surface area contributed by atoms with Crippen LogP contribution in [0.5, 0.6) is 0 Å². The largest absolute Gasteiger partial charge is 0.481 e. The third kappa shape index (κ3) is 2.92. The van der Waals surface area contributed by atoms with Crippen LogP contribution in [-0.4, -0.2) is 22.6 Å². The molecule has 1 aromatic rings. The van der Waals surface area contributed by atoms with Crippen LogP contribution < -0.4 is 0 Å². The van der Waals surface area contributed by atoms with Gasteiger partial charge in [-0.1, -0.05) is 0 Å². The number of Topliss-reactive ketones (excluding diaryl/α,β-unsaturated/α-hetero) is 2. The molecule has 0 fully saturated rings. The zero-order chi connectivity index (χ0) is 14.0. The molecule has 0 unspecified atom stereocenters. The van der Waals surface area contributed by atoms with E-state index in [0.29, 0.717) is 29.7 Å². The molecule has 4 nitrogen and oxygen atoms in total. The minimum Gasteiger partial charge on any atom is -0.481 e. The SMILES string of the molecule is CC(=O)c1sc(CCCC(=O)O)c2c1C(=O)CCC2. The summed E-state index contributed by atoms with van der Waals surface area (Å²) in [6.07, 6.45) is 3.47. The van der Waals surface area contributed by atoms with Crippen LogP contribution in [0.15, 0.2) is 0 Å². The molecular formula is C14H16O4S. The molecule has 0 aromatic carbocycles. The Morgan fingerprint density at radius 1 is 1.32 bits per heavy atom. The molecule has 0 amide bonds. The number of carboxylic acids is 1. The summed E-state index contributed by atoms with van der Waals surface area (Å²) in [6.45, 7) is 1.48. The number of thiophene rings is 1. The third-order valence-electron chi connectivity index (χ3n) is 3.31. The number of aliphatic carboxylic acids is 1. The van der Waals surface area contributed by atoms with E-state index in [2.05, 4.69) is 0 Å². The van der Waals surface area contributed by atoms with E-state index < -0.39 is 5.97 Å². The number of aryl methyl sites for hydroxylation is 1. The van der Waals surface area contributed by atoms with Crippen molar-refractivity contribution in [1.29, 1.82) is 0 Å². The lowest BCUT2D eigenvalue weighted by atomic mass is 9.89. The Bertz CT molecular complexity index is 542. The second-order valence-corrected chi connectivity index (χ2v) is 5.89. The maximum Gasteiger partial charge on any atom is 0.303 e. The summed E-state index contributed by atoms with van der Waals surface area (Å²) in [4.78, 5) is 35.7. The molecule has 1 aliphatic carbocycles. The summed E-state index contributed by atoms with van der Waals surface area (Å²) in [6, 6.07) is 0.